The van der Waals surface area contributed by atoms with Gasteiger partial charge in [-0.1, -0.05) is 12.1 Å². The molecule has 2 aromatic rings. The molecule has 1 aromatic carbocycles. The van der Waals surface area contributed by atoms with Crippen molar-refractivity contribution >= 4 is 0 Å². The van der Waals surface area contributed by atoms with Gasteiger partial charge in [0.05, 0.1) is 19.0 Å². The highest BCUT2D eigenvalue weighted by molar-refractivity contribution is 5.61. The fourth-order valence-electron chi connectivity index (χ4n) is 1.64. The summed E-state index contributed by atoms with van der Waals surface area (Å²) in [5.41, 5.74) is 7.44. The number of aromatic nitrogens is 1. The standard InChI is InChI=1S/C13H13FN2O/c1-17-13-8-16-12(6-9(13)7-15)10-4-2-3-5-11(10)14/h2-6,8H,7,15H2,1H3. The van der Waals surface area contributed by atoms with E-state index in [-0.39, 0.29) is 5.82 Å². The van der Waals surface area contributed by atoms with E-state index >= 15 is 0 Å². The average molecular weight is 232 g/mol. The highest BCUT2D eigenvalue weighted by Crippen LogP contribution is 2.25. The number of hydrogen-bond acceptors (Lipinski definition) is 3. The molecule has 0 spiro atoms. The average Bonchev–Trinajstić information content (AvgIpc) is 2.38. The smallest absolute Gasteiger partial charge is 0.141 e. The van der Waals surface area contributed by atoms with Crippen molar-refractivity contribution in [1.29, 1.82) is 0 Å². The molecule has 0 saturated heterocycles. The SMILES string of the molecule is COc1cnc(-c2ccccc2F)cc1CN. The Bertz CT molecular complexity index is 529. The molecule has 0 atom stereocenters. The molecule has 0 fully saturated rings. The fourth-order valence-corrected chi connectivity index (χ4v) is 1.64. The van der Waals surface area contributed by atoms with Gasteiger partial charge in [0.1, 0.15) is 11.6 Å². The predicted octanol–water partition coefficient (Wildman–Crippen LogP) is 2.35. The summed E-state index contributed by atoms with van der Waals surface area (Å²) in [4.78, 5) is 4.17. The number of hydrogen-bond donors (Lipinski definition) is 1. The van der Waals surface area contributed by atoms with Gasteiger partial charge in [0.2, 0.25) is 0 Å². The van der Waals surface area contributed by atoms with E-state index in [1.165, 1.54) is 6.07 Å². The van der Waals surface area contributed by atoms with Crippen LogP contribution in [0.1, 0.15) is 5.56 Å². The molecule has 17 heavy (non-hydrogen) atoms. The van der Waals surface area contributed by atoms with Gasteiger partial charge < -0.3 is 10.5 Å². The number of halogens is 1. The van der Waals surface area contributed by atoms with Crippen LogP contribution < -0.4 is 10.5 Å². The molecule has 88 valence electrons. The second-order valence-electron chi connectivity index (χ2n) is 3.57. The Morgan fingerprint density at radius 3 is 2.76 bits per heavy atom. The molecule has 2 N–H and O–H groups in total. The topological polar surface area (TPSA) is 48.1 Å². The summed E-state index contributed by atoms with van der Waals surface area (Å²) in [6, 6.07) is 8.25. The third-order valence-electron chi connectivity index (χ3n) is 2.54. The zero-order valence-corrected chi connectivity index (χ0v) is 9.48. The fraction of sp³-hybridized carbons (Fsp3) is 0.154. The largest absolute Gasteiger partial charge is 0.495 e. The number of nitrogens with two attached hydrogens (primary N) is 1. The van der Waals surface area contributed by atoms with Gasteiger partial charge in [-0.2, -0.15) is 0 Å². The van der Waals surface area contributed by atoms with Gasteiger partial charge in [-0.3, -0.25) is 4.98 Å². The summed E-state index contributed by atoms with van der Waals surface area (Å²) >= 11 is 0. The first-order valence-electron chi connectivity index (χ1n) is 5.24. The molecule has 0 radical (unpaired) electrons. The van der Waals surface area contributed by atoms with E-state index in [0.29, 0.717) is 23.6 Å². The molecule has 0 saturated carbocycles. The number of rotatable bonds is 3. The highest BCUT2D eigenvalue weighted by atomic mass is 19.1. The van der Waals surface area contributed by atoms with E-state index in [2.05, 4.69) is 4.98 Å². The van der Waals surface area contributed by atoms with Crippen molar-refractivity contribution in [2.24, 2.45) is 5.73 Å². The Balaban J connectivity index is 2.50. The summed E-state index contributed by atoms with van der Waals surface area (Å²) in [7, 11) is 1.55. The molecular weight excluding hydrogens is 219 g/mol. The Morgan fingerprint density at radius 1 is 1.35 bits per heavy atom. The van der Waals surface area contributed by atoms with Gasteiger partial charge in [-0.05, 0) is 18.2 Å². The molecular formula is C13H13FN2O. The monoisotopic (exact) mass is 232 g/mol. The number of pyridine rings is 1. The molecule has 4 heteroatoms. The van der Waals surface area contributed by atoms with Crippen molar-refractivity contribution in [1.82, 2.24) is 4.98 Å². The van der Waals surface area contributed by atoms with Gasteiger partial charge in [0.15, 0.2) is 0 Å². The van der Waals surface area contributed by atoms with E-state index in [0.717, 1.165) is 5.56 Å². The van der Waals surface area contributed by atoms with E-state index in [9.17, 15) is 4.39 Å². The molecule has 1 heterocycles. The molecule has 2 rings (SSSR count). The summed E-state index contributed by atoms with van der Waals surface area (Å²) in [6.07, 6.45) is 1.56. The minimum Gasteiger partial charge on any atom is -0.495 e. The highest BCUT2D eigenvalue weighted by Gasteiger charge is 2.09. The third-order valence-corrected chi connectivity index (χ3v) is 2.54. The first kappa shape index (κ1) is 11.5. The van der Waals surface area contributed by atoms with Gasteiger partial charge in [0, 0.05) is 17.7 Å². The zero-order valence-electron chi connectivity index (χ0n) is 9.48. The van der Waals surface area contributed by atoms with Crippen LogP contribution >= 0.6 is 0 Å². The van der Waals surface area contributed by atoms with Gasteiger partial charge >= 0.3 is 0 Å². The number of ether oxygens (including phenoxy) is 1. The van der Waals surface area contributed by atoms with Gasteiger partial charge in [-0.15, -0.1) is 0 Å². The quantitative estimate of drug-likeness (QED) is 0.883. The second kappa shape index (κ2) is 4.93. The van der Waals surface area contributed by atoms with Crippen LogP contribution in [0.4, 0.5) is 4.39 Å². The van der Waals surface area contributed by atoms with Crippen LogP contribution in [0.5, 0.6) is 5.75 Å². The van der Waals surface area contributed by atoms with Crippen LogP contribution in [0.3, 0.4) is 0 Å². The van der Waals surface area contributed by atoms with Gasteiger partial charge in [0.25, 0.3) is 0 Å². The maximum Gasteiger partial charge on any atom is 0.141 e. The van der Waals surface area contributed by atoms with Crippen molar-refractivity contribution < 1.29 is 9.13 Å². The summed E-state index contributed by atoms with van der Waals surface area (Å²) in [5, 5.41) is 0. The van der Waals surface area contributed by atoms with Crippen LogP contribution in [0.15, 0.2) is 36.5 Å². The van der Waals surface area contributed by atoms with E-state index in [4.69, 9.17) is 10.5 Å². The van der Waals surface area contributed by atoms with Crippen molar-refractivity contribution in [3.8, 4) is 17.0 Å². The molecule has 0 aliphatic rings. The second-order valence-corrected chi connectivity index (χ2v) is 3.57. The van der Waals surface area contributed by atoms with Gasteiger partial charge in [-0.25, -0.2) is 4.39 Å². The lowest BCUT2D eigenvalue weighted by Crippen LogP contribution is -2.01. The lowest BCUT2D eigenvalue weighted by Gasteiger charge is -2.08. The minimum atomic E-state index is -0.298. The molecule has 0 aliphatic carbocycles. The summed E-state index contributed by atoms with van der Waals surface area (Å²) in [6.45, 7) is 0.327. The maximum absolute atomic E-state index is 13.6. The number of methoxy groups -OCH3 is 1. The summed E-state index contributed by atoms with van der Waals surface area (Å²) in [5.74, 6) is 0.320. The molecule has 0 aliphatic heterocycles. The van der Waals surface area contributed by atoms with E-state index < -0.39 is 0 Å². The Hall–Kier alpha value is -1.94. The van der Waals surface area contributed by atoms with Crippen LogP contribution in [0.25, 0.3) is 11.3 Å². The number of benzene rings is 1. The maximum atomic E-state index is 13.6. The van der Waals surface area contributed by atoms with Crippen molar-refractivity contribution in [3.05, 3.63) is 47.9 Å². The molecule has 1 aromatic heterocycles. The minimum absolute atomic E-state index is 0.298. The zero-order chi connectivity index (χ0) is 12.3. The normalized spacial score (nSPS) is 10.3. The van der Waals surface area contributed by atoms with E-state index in [1.807, 2.05) is 0 Å². The third kappa shape index (κ3) is 2.26. The predicted molar refractivity (Wildman–Crippen MR) is 64.1 cm³/mol. The lowest BCUT2D eigenvalue weighted by atomic mass is 10.1. The Morgan fingerprint density at radius 2 is 2.12 bits per heavy atom. The lowest BCUT2D eigenvalue weighted by molar-refractivity contribution is 0.408. The molecule has 0 bridgehead atoms. The van der Waals surface area contributed by atoms with Crippen molar-refractivity contribution in [2.75, 3.05) is 7.11 Å². The first-order chi connectivity index (χ1) is 8.26. The Kier molecular flexibility index (Phi) is 3.35. The molecule has 0 amide bonds. The van der Waals surface area contributed by atoms with Crippen LogP contribution in [0, 0.1) is 5.82 Å². The molecule has 0 unspecified atom stereocenters. The number of nitrogens with zero attached hydrogens (tertiary/aromatic N) is 1. The first-order valence-corrected chi connectivity index (χ1v) is 5.24. The Labute approximate surface area is 99.1 Å². The molecule has 3 nitrogen and oxygen atoms in total. The van der Waals surface area contributed by atoms with Crippen LogP contribution in [0.2, 0.25) is 0 Å². The summed E-state index contributed by atoms with van der Waals surface area (Å²) < 4.78 is 18.7. The van der Waals surface area contributed by atoms with Crippen molar-refractivity contribution in [3.63, 3.8) is 0 Å². The van der Waals surface area contributed by atoms with Crippen LogP contribution in [-0.2, 0) is 6.54 Å². The van der Waals surface area contributed by atoms with Crippen molar-refractivity contribution in [2.45, 2.75) is 6.54 Å². The van der Waals surface area contributed by atoms with E-state index in [1.54, 1.807) is 37.6 Å². The van der Waals surface area contributed by atoms with Crippen LogP contribution in [-0.4, -0.2) is 12.1 Å².